The Morgan fingerprint density at radius 2 is 2.02 bits per heavy atom. The lowest BCUT2D eigenvalue weighted by atomic mass is 9.94. The van der Waals surface area contributed by atoms with Crippen LogP contribution < -0.4 is 9.47 Å². The van der Waals surface area contributed by atoms with Gasteiger partial charge in [-0.3, -0.25) is 9.69 Å². The maximum Gasteiger partial charge on any atom is 0.307 e. The Hall–Kier alpha value is -3.01. The normalized spacial score (nSPS) is 19.9. The van der Waals surface area contributed by atoms with Crippen molar-refractivity contribution in [3.05, 3.63) is 47.5 Å². The standard InChI is InChI=1S/C31H41N3O5S/c1-7-8-9-10-13-34(5)30(35)22-14-20(15-23(22)31(36)37)39-27-16-24(29-33-25(17-40-29)18(2)3)32-28-19(4)26(38-6)12-11-21(27)28/h7,11-12,16-18,20,22-23,30,35H,1,8-10,13-15H2,2-6H3,(H,36,37)/t20-,22?,23?,30+/m0/s1. The number of hydrogen-bond acceptors (Lipinski definition) is 8. The van der Waals surface area contributed by atoms with Crippen molar-refractivity contribution >= 4 is 28.2 Å². The van der Waals surface area contributed by atoms with Gasteiger partial charge in [0.25, 0.3) is 0 Å². The third-order valence-corrected chi connectivity index (χ3v) is 8.77. The van der Waals surface area contributed by atoms with Crippen LogP contribution >= 0.6 is 11.3 Å². The van der Waals surface area contributed by atoms with Crippen LogP contribution in [0.5, 0.6) is 11.5 Å². The molecule has 2 N–H and O–H groups in total. The molecule has 1 aliphatic rings. The Kier molecular flexibility index (Phi) is 9.81. The molecule has 8 nitrogen and oxygen atoms in total. The number of aliphatic hydroxyl groups excluding tert-OH is 1. The Morgan fingerprint density at radius 3 is 2.67 bits per heavy atom. The molecular weight excluding hydrogens is 526 g/mol. The molecule has 0 aliphatic heterocycles. The van der Waals surface area contributed by atoms with Crippen molar-refractivity contribution in [2.45, 2.75) is 71.1 Å². The molecule has 0 saturated heterocycles. The minimum absolute atomic E-state index is 0.304. The van der Waals surface area contributed by atoms with Crippen LogP contribution in [0.1, 0.15) is 63.1 Å². The first-order chi connectivity index (χ1) is 19.1. The van der Waals surface area contributed by atoms with Gasteiger partial charge in [-0.1, -0.05) is 19.9 Å². The summed E-state index contributed by atoms with van der Waals surface area (Å²) in [6.45, 7) is 10.6. The summed E-state index contributed by atoms with van der Waals surface area (Å²) in [4.78, 5) is 23.8. The van der Waals surface area contributed by atoms with Crippen molar-refractivity contribution in [3.63, 3.8) is 0 Å². The highest BCUT2D eigenvalue weighted by atomic mass is 32.1. The van der Waals surface area contributed by atoms with E-state index in [4.69, 9.17) is 19.4 Å². The number of methoxy groups -OCH3 is 1. The van der Waals surface area contributed by atoms with Gasteiger partial charge in [-0.25, -0.2) is 9.97 Å². The van der Waals surface area contributed by atoms with E-state index in [-0.39, 0.29) is 6.10 Å². The van der Waals surface area contributed by atoms with Crippen LogP contribution in [0.2, 0.25) is 0 Å². The van der Waals surface area contributed by atoms with E-state index in [1.54, 1.807) is 18.4 Å². The maximum absolute atomic E-state index is 12.2. The number of carboxylic acids is 1. The Balaban J connectivity index is 1.64. The molecule has 4 rings (SSSR count). The number of hydrogen-bond donors (Lipinski definition) is 2. The number of carboxylic acid groups (broad SMARTS) is 1. The van der Waals surface area contributed by atoms with Gasteiger partial charge in [0.2, 0.25) is 0 Å². The second-order valence-electron chi connectivity index (χ2n) is 11.0. The van der Waals surface area contributed by atoms with Gasteiger partial charge in [0, 0.05) is 34.9 Å². The largest absolute Gasteiger partial charge is 0.496 e. The van der Waals surface area contributed by atoms with Gasteiger partial charge in [-0.15, -0.1) is 17.9 Å². The van der Waals surface area contributed by atoms with Gasteiger partial charge >= 0.3 is 5.97 Å². The fraction of sp³-hybridized carbons (Fsp3) is 0.516. The number of fused-ring (bicyclic) bond motifs is 1. The van der Waals surface area contributed by atoms with Crippen LogP contribution in [0.3, 0.4) is 0 Å². The number of carbonyl (C=O) groups is 1. The number of allylic oxidation sites excluding steroid dienone is 1. The molecule has 2 unspecified atom stereocenters. The van der Waals surface area contributed by atoms with Gasteiger partial charge < -0.3 is 19.7 Å². The molecule has 1 fully saturated rings. The minimum Gasteiger partial charge on any atom is -0.496 e. The molecule has 4 atom stereocenters. The lowest BCUT2D eigenvalue weighted by Crippen LogP contribution is -2.41. The summed E-state index contributed by atoms with van der Waals surface area (Å²) < 4.78 is 12.1. The number of rotatable bonds is 13. The number of aliphatic carboxylic acids is 1. The average Bonchev–Trinajstić information content (AvgIpc) is 3.59. The van der Waals surface area contributed by atoms with Gasteiger partial charge in [-0.05, 0) is 64.1 Å². The zero-order valence-corrected chi connectivity index (χ0v) is 24.9. The molecule has 9 heteroatoms. The number of unbranched alkanes of at least 4 members (excludes halogenated alkanes) is 2. The predicted octanol–water partition coefficient (Wildman–Crippen LogP) is 6.26. The first kappa shape index (κ1) is 30.0. The summed E-state index contributed by atoms with van der Waals surface area (Å²) in [5, 5.41) is 24.9. The number of thiazole rings is 1. The predicted molar refractivity (Wildman–Crippen MR) is 159 cm³/mol. The van der Waals surface area contributed by atoms with Crippen molar-refractivity contribution < 1.29 is 24.5 Å². The van der Waals surface area contributed by atoms with E-state index in [0.717, 1.165) is 52.2 Å². The zero-order valence-electron chi connectivity index (χ0n) is 24.1. The van der Waals surface area contributed by atoms with Crippen LogP contribution in [-0.4, -0.2) is 64.1 Å². The monoisotopic (exact) mass is 567 g/mol. The third-order valence-electron chi connectivity index (χ3n) is 7.88. The summed E-state index contributed by atoms with van der Waals surface area (Å²) in [5.41, 5.74) is 3.38. The number of aliphatic hydroxyl groups is 1. The van der Waals surface area contributed by atoms with Crippen LogP contribution in [-0.2, 0) is 4.79 Å². The van der Waals surface area contributed by atoms with Crippen LogP contribution in [0.25, 0.3) is 21.6 Å². The molecule has 0 bridgehead atoms. The molecule has 3 aromatic rings. The van der Waals surface area contributed by atoms with E-state index in [0.29, 0.717) is 36.7 Å². The van der Waals surface area contributed by atoms with Crippen molar-refractivity contribution in [1.29, 1.82) is 0 Å². The Labute approximate surface area is 240 Å². The summed E-state index contributed by atoms with van der Waals surface area (Å²) >= 11 is 1.55. The average molecular weight is 568 g/mol. The molecule has 216 valence electrons. The SMILES string of the molecule is C=CCCCCN(C)[C@H](O)C1C[C@H](Oc2cc(-c3nc(C(C)C)cs3)nc3c(C)c(OC)ccc23)CC1C(=O)O. The van der Waals surface area contributed by atoms with Gasteiger partial charge in [0.1, 0.15) is 34.5 Å². The number of benzene rings is 1. The molecule has 0 spiro atoms. The van der Waals surface area contributed by atoms with E-state index >= 15 is 0 Å². The van der Waals surface area contributed by atoms with Crippen molar-refractivity contribution in [1.82, 2.24) is 14.9 Å². The molecule has 1 aromatic carbocycles. The van der Waals surface area contributed by atoms with E-state index in [1.165, 1.54) is 0 Å². The van der Waals surface area contributed by atoms with Crippen LogP contribution in [0.15, 0.2) is 36.2 Å². The second-order valence-corrected chi connectivity index (χ2v) is 11.9. The van der Waals surface area contributed by atoms with Crippen molar-refractivity contribution in [2.24, 2.45) is 11.8 Å². The quantitative estimate of drug-likeness (QED) is 0.142. The number of ether oxygens (including phenoxy) is 2. The maximum atomic E-state index is 12.2. The summed E-state index contributed by atoms with van der Waals surface area (Å²) in [6, 6.07) is 5.73. The van der Waals surface area contributed by atoms with E-state index in [1.807, 2.05) is 43.1 Å². The number of pyridine rings is 1. The van der Waals surface area contributed by atoms with Gasteiger partial charge in [-0.2, -0.15) is 0 Å². The molecule has 1 aliphatic carbocycles. The first-order valence-electron chi connectivity index (χ1n) is 14.0. The van der Waals surface area contributed by atoms with Crippen LogP contribution in [0, 0.1) is 18.8 Å². The number of aryl methyl sites for hydroxylation is 1. The molecular formula is C31H41N3O5S. The Bertz CT molecular complexity index is 1340. The topological polar surface area (TPSA) is 105 Å². The van der Waals surface area contributed by atoms with Gasteiger partial charge in [0.05, 0.1) is 24.2 Å². The number of nitrogens with zero attached hydrogens (tertiary/aromatic N) is 3. The zero-order chi connectivity index (χ0) is 29.0. The first-order valence-corrected chi connectivity index (χ1v) is 14.8. The highest BCUT2D eigenvalue weighted by molar-refractivity contribution is 7.13. The summed E-state index contributed by atoms with van der Waals surface area (Å²) in [5.74, 6) is -0.366. The fourth-order valence-corrected chi connectivity index (χ4v) is 6.44. The molecule has 1 saturated carbocycles. The van der Waals surface area contributed by atoms with Gasteiger partial charge in [0.15, 0.2) is 0 Å². The smallest absolute Gasteiger partial charge is 0.307 e. The Morgan fingerprint density at radius 1 is 1.25 bits per heavy atom. The highest BCUT2D eigenvalue weighted by Crippen LogP contribution is 2.41. The molecule has 40 heavy (non-hydrogen) atoms. The molecule has 0 amide bonds. The van der Waals surface area contributed by atoms with E-state index in [9.17, 15) is 15.0 Å². The molecule has 2 heterocycles. The molecule has 2 aromatic heterocycles. The highest BCUT2D eigenvalue weighted by Gasteiger charge is 2.44. The molecule has 0 radical (unpaired) electrons. The van der Waals surface area contributed by atoms with E-state index < -0.39 is 24.0 Å². The second kappa shape index (κ2) is 13.1. The van der Waals surface area contributed by atoms with Crippen molar-refractivity contribution in [2.75, 3.05) is 20.7 Å². The van der Waals surface area contributed by atoms with E-state index in [2.05, 4.69) is 25.8 Å². The third kappa shape index (κ3) is 6.48. The fourth-order valence-electron chi connectivity index (χ4n) is 5.50. The number of aromatic nitrogens is 2. The lowest BCUT2D eigenvalue weighted by molar-refractivity contribution is -0.146. The minimum atomic E-state index is -0.903. The van der Waals surface area contributed by atoms with Crippen molar-refractivity contribution in [3.8, 4) is 22.2 Å². The summed E-state index contributed by atoms with van der Waals surface area (Å²) in [6.07, 6.45) is 4.25. The summed E-state index contributed by atoms with van der Waals surface area (Å²) in [7, 11) is 3.49. The van der Waals surface area contributed by atoms with Crippen LogP contribution in [0.4, 0.5) is 0 Å². The lowest BCUT2D eigenvalue weighted by Gasteiger charge is -2.30.